The Morgan fingerprint density at radius 1 is 1.47 bits per heavy atom. The Bertz CT molecular complexity index is 541. The lowest BCUT2D eigenvalue weighted by Crippen LogP contribution is -2.08. The molecule has 1 heterocycles. The fraction of sp³-hybridized carbons (Fsp3) is 0.111. The minimum absolute atomic E-state index is 0. The molecule has 0 radical (unpaired) electrons. The highest BCUT2D eigenvalue weighted by Crippen LogP contribution is 2.21. The highest BCUT2D eigenvalue weighted by molar-refractivity contribution is 5.85. The SMILES string of the molecule is COc1cc(F)cc2nc[nH]c(=O)c12.Cl. The average molecular weight is 231 g/mol. The molecule has 15 heavy (non-hydrogen) atoms. The molecule has 2 aromatic rings. The second-order valence-corrected chi connectivity index (χ2v) is 2.73. The van der Waals surface area contributed by atoms with Crippen LogP contribution in [0.25, 0.3) is 10.9 Å². The van der Waals surface area contributed by atoms with Gasteiger partial charge >= 0.3 is 0 Å². The number of aromatic nitrogens is 2. The van der Waals surface area contributed by atoms with E-state index in [-0.39, 0.29) is 34.6 Å². The number of fused-ring (bicyclic) bond motifs is 1. The number of benzene rings is 1. The van der Waals surface area contributed by atoms with Gasteiger partial charge in [-0.15, -0.1) is 12.4 Å². The third-order valence-corrected chi connectivity index (χ3v) is 1.89. The van der Waals surface area contributed by atoms with Crippen molar-refractivity contribution < 1.29 is 9.13 Å². The smallest absolute Gasteiger partial charge is 0.262 e. The van der Waals surface area contributed by atoms with Crippen LogP contribution < -0.4 is 10.3 Å². The molecule has 1 aromatic carbocycles. The van der Waals surface area contributed by atoms with E-state index in [1.54, 1.807) is 0 Å². The second kappa shape index (κ2) is 4.27. The predicted molar refractivity (Wildman–Crippen MR) is 56.1 cm³/mol. The number of halogens is 2. The van der Waals surface area contributed by atoms with Gasteiger partial charge in [0.2, 0.25) is 0 Å². The molecule has 0 bridgehead atoms. The molecule has 0 fully saturated rings. The van der Waals surface area contributed by atoms with Crippen molar-refractivity contribution in [2.24, 2.45) is 0 Å². The van der Waals surface area contributed by atoms with Gasteiger partial charge in [0.25, 0.3) is 5.56 Å². The standard InChI is InChI=1S/C9H7FN2O2.ClH/c1-14-7-3-5(10)2-6-8(7)9(13)12-4-11-6;/h2-4H,1H3,(H,11,12,13);1H. The van der Waals surface area contributed by atoms with Crippen LogP contribution >= 0.6 is 12.4 Å². The molecule has 0 saturated carbocycles. The summed E-state index contributed by atoms with van der Waals surface area (Å²) in [6.45, 7) is 0. The maximum absolute atomic E-state index is 13.0. The van der Waals surface area contributed by atoms with Gasteiger partial charge in [-0.3, -0.25) is 4.79 Å². The number of hydrogen-bond donors (Lipinski definition) is 1. The molecule has 0 aliphatic carbocycles. The van der Waals surface area contributed by atoms with E-state index in [0.717, 1.165) is 6.07 Å². The number of hydrogen-bond acceptors (Lipinski definition) is 3. The van der Waals surface area contributed by atoms with E-state index in [0.29, 0.717) is 0 Å². The van der Waals surface area contributed by atoms with Crippen LogP contribution in [0.1, 0.15) is 0 Å². The number of methoxy groups -OCH3 is 1. The van der Waals surface area contributed by atoms with E-state index in [1.807, 2.05) is 0 Å². The van der Waals surface area contributed by atoms with E-state index < -0.39 is 5.82 Å². The molecule has 2 rings (SSSR count). The topological polar surface area (TPSA) is 55.0 Å². The molecule has 0 aliphatic rings. The zero-order valence-corrected chi connectivity index (χ0v) is 8.60. The molecule has 6 heteroatoms. The molecule has 0 spiro atoms. The van der Waals surface area contributed by atoms with Gasteiger partial charge < -0.3 is 9.72 Å². The lowest BCUT2D eigenvalue weighted by molar-refractivity contribution is 0.416. The summed E-state index contributed by atoms with van der Waals surface area (Å²) in [5, 5.41) is 0.261. The van der Waals surface area contributed by atoms with Crippen LogP contribution in [-0.4, -0.2) is 17.1 Å². The largest absolute Gasteiger partial charge is 0.496 e. The van der Waals surface area contributed by atoms with Crippen molar-refractivity contribution in [2.75, 3.05) is 7.11 Å². The van der Waals surface area contributed by atoms with Gasteiger partial charge in [-0.25, -0.2) is 9.37 Å². The number of aromatic amines is 1. The molecular weight excluding hydrogens is 223 g/mol. The van der Waals surface area contributed by atoms with Gasteiger partial charge in [0.05, 0.1) is 19.0 Å². The summed E-state index contributed by atoms with van der Waals surface area (Å²) in [5.41, 5.74) is -0.0579. The Balaban J connectivity index is 0.00000112. The van der Waals surface area contributed by atoms with Crippen molar-refractivity contribution in [3.8, 4) is 5.75 Å². The van der Waals surface area contributed by atoms with E-state index >= 15 is 0 Å². The molecule has 0 saturated heterocycles. The molecular formula is C9H8ClFN2O2. The van der Waals surface area contributed by atoms with Crippen LogP contribution in [0.2, 0.25) is 0 Å². The lowest BCUT2D eigenvalue weighted by Gasteiger charge is -2.03. The zero-order chi connectivity index (χ0) is 10.1. The minimum atomic E-state index is -0.479. The van der Waals surface area contributed by atoms with Crippen LogP contribution in [0.3, 0.4) is 0 Å². The van der Waals surface area contributed by atoms with Crippen LogP contribution in [-0.2, 0) is 0 Å². The van der Waals surface area contributed by atoms with E-state index in [1.165, 1.54) is 19.5 Å². The molecule has 1 N–H and O–H groups in total. The van der Waals surface area contributed by atoms with Gasteiger partial charge in [0, 0.05) is 12.1 Å². The van der Waals surface area contributed by atoms with Crippen LogP contribution in [0.4, 0.5) is 4.39 Å². The molecule has 1 aromatic heterocycles. The summed E-state index contributed by atoms with van der Waals surface area (Å²) in [4.78, 5) is 17.6. The summed E-state index contributed by atoms with van der Waals surface area (Å²) >= 11 is 0. The maximum Gasteiger partial charge on any atom is 0.262 e. The Morgan fingerprint density at radius 2 is 2.20 bits per heavy atom. The molecule has 80 valence electrons. The first-order chi connectivity index (χ1) is 6.72. The number of nitrogens with one attached hydrogen (secondary N) is 1. The first-order valence-corrected chi connectivity index (χ1v) is 3.93. The molecule has 0 aliphatic heterocycles. The average Bonchev–Trinajstić information content (AvgIpc) is 2.16. The van der Waals surface area contributed by atoms with E-state index in [4.69, 9.17) is 4.74 Å². The van der Waals surface area contributed by atoms with Gasteiger partial charge in [-0.05, 0) is 0 Å². The number of ether oxygens (including phenoxy) is 1. The highest BCUT2D eigenvalue weighted by atomic mass is 35.5. The van der Waals surface area contributed by atoms with Crippen molar-refractivity contribution in [1.29, 1.82) is 0 Å². The fourth-order valence-electron chi connectivity index (χ4n) is 1.29. The van der Waals surface area contributed by atoms with Crippen molar-refractivity contribution in [3.05, 3.63) is 34.6 Å². The number of H-pyrrole nitrogens is 1. The molecule has 0 atom stereocenters. The number of nitrogens with zero attached hydrogens (tertiary/aromatic N) is 1. The maximum atomic E-state index is 13.0. The molecule has 0 amide bonds. The van der Waals surface area contributed by atoms with Crippen molar-refractivity contribution in [2.45, 2.75) is 0 Å². The Labute approximate surface area is 90.5 Å². The Hall–Kier alpha value is -1.62. The Morgan fingerprint density at radius 3 is 2.87 bits per heavy atom. The minimum Gasteiger partial charge on any atom is -0.496 e. The van der Waals surface area contributed by atoms with Crippen LogP contribution in [0.5, 0.6) is 5.75 Å². The van der Waals surface area contributed by atoms with Crippen molar-refractivity contribution >= 4 is 23.3 Å². The predicted octanol–water partition coefficient (Wildman–Crippen LogP) is 1.49. The van der Waals surface area contributed by atoms with Gasteiger partial charge in [0.1, 0.15) is 17.0 Å². The van der Waals surface area contributed by atoms with Crippen molar-refractivity contribution in [1.82, 2.24) is 9.97 Å². The van der Waals surface area contributed by atoms with Gasteiger partial charge in [-0.1, -0.05) is 0 Å². The van der Waals surface area contributed by atoms with Gasteiger partial charge in [-0.2, -0.15) is 0 Å². The van der Waals surface area contributed by atoms with E-state index in [9.17, 15) is 9.18 Å². The Kier molecular flexibility index (Phi) is 3.26. The monoisotopic (exact) mass is 230 g/mol. The second-order valence-electron chi connectivity index (χ2n) is 2.73. The van der Waals surface area contributed by atoms with Crippen molar-refractivity contribution in [3.63, 3.8) is 0 Å². The van der Waals surface area contributed by atoms with Gasteiger partial charge in [0.15, 0.2) is 0 Å². The normalized spacial score (nSPS) is 9.73. The van der Waals surface area contributed by atoms with Crippen LogP contribution in [0, 0.1) is 5.82 Å². The fourth-order valence-corrected chi connectivity index (χ4v) is 1.29. The summed E-state index contributed by atoms with van der Waals surface area (Å²) < 4.78 is 17.9. The zero-order valence-electron chi connectivity index (χ0n) is 7.78. The first kappa shape index (κ1) is 11.5. The molecule has 0 unspecified atom stereocenters. The summed E-state index contributed by atoms with van der Waals surface area (Å²) in [7, 11) is 1.38. The lowest BCUT2D eigenvalue weighted by atomic mass is 10.2. The van der Waals surface area contributed by atoms with E-state index in [2.05, 4.69) is 9.97 Å². The third kappa shape index (κ3) is 1.92. The summed E-state index contributed by atoms with van der Waals surface area (Å²) in [6, 6.07) is 2.34. The quantitative estimate of drug-likeness (QED) is 0.808. The highest BCUT2D eigenvalue weighted by Gasteiger charge is 2.08. The first-order valence-electron chi connectivity index (χ1n) is 3.93. The third-order valence-electron chi connectivity index (χ3n) is 1.89. The van der Waals surface area contributed by atoms with Crippen LogP contribution in [0.15, 0.2) is 23.3 Å². The number of rotatable bonds is 1. The summed E-state index contributed by atoms with van der Waals surface area (Å²) in [6.07, 6.45) is 1.23. The molecule has 4 nitrogen and oxygen atoms in total. The summed E-state index contributed by atoms with van der Waals surface area (Å²) in [5.74, 6) is -0.290.